The summed E-state index contributed by atoms with van der Waals surface area (Å²) in [5, 5.41) is 0. The molecule has 0 bridgehead atoms. The summed E-state index contributed by atoms with van der Waals surface area (Å²) in [6.45, 7) is 7.54. The van der Waals surface area contributed by atoms with E-state index >= 15 is 0 Å². The minimum atomic E-state index is -0.572. The van der Waals surface area contributed by atoms with Gasteiger partial charge in [0.25, 0.3) is 0 Å². The molecule has 0 aliphatic carbocycles. The first-order valence-corrected chi connectivity index (χ1v) is 28.8. The van der Waals surface area contributed by atoms with Gasteiger partial charge in [-0.2, -0.15) is 0 Å². The second-order valence-corrected chi connectivity index (χ2v) is 18.8. The van der Waals surface area contributed by atoms with Gasteiger partial charge < -0.3 is 14.2 Å². The highest BCUT2D eigenvalue weighted by Gasteiger charge is 2.17. The van der Waals surface area contributed by atoms with Crippen molar-refractivity contribution in [3.63, 3.8) is 0 Å². The van der Waals surface area contributed by atoms with Crippen LogP contribution in [0.2, 0.25) is 0 Å². The topological polar surface area (TPSA) is 61.8 Å². The molecular formula is C63H108O5. The molecule has 0 spiro atoms. The van der Waals surface area contributed by atoms with Crippen LogP contribution in [-0.2, 0) is 23.8 Å². The summed E-state index contributed by atoms with van der Waals surface area (Å²) in [5.74, 6) is -0.451. The van der Waals surface area contributed by atoms with Crippen molar-refractivity contribution < 1.29 is 23.8 Å². The van der Waals surface area contributed by atoms with Gasteiger partial charge in [0.05, 0.1) is 6.61 Å². The zero-order valence-corrected chi connectivity index (χ0v) is 44.8. The lowest BCUT2D eigenvalue weighted by molar-refractivity contribution is -0.163. The Kier molecular flexibility index (Phi) is 55.4. The van der Waals surface area contributed by atoms with Gasteiger partial charge in [0.15, 0.2) is 6.10 Å². The van der Waals surface area contributed by atoms with Crippen LogP contribution >= 0.6 is 0 Å². The molecule has 0 heterocycles. The first kappa shape index (κ1) is 64.8. The Hall–Kier alpha value is -3.18. The molecule has 0 N–H and O–H groups in total. The van der Waals surface area contributed by atoms with Crippen LogP contribution in [0.25, 0.3) is 0 Å². The van der Waals surface area contributed by atoms with E-state index in [2.05, 4.69) is 118 Å². The van der Waals surface area contributed by atoms with Gasteiger partial charge in [0, 0.05) is 19.4 Å². The monoisotopic (exact) mass is 945 g/mol. The van der Waals surface area contributed by atoms with Gasteiger partial charge in [0.2, 0.25) is 0 Å². The fraction of sp³-hybridized carbons (Fsp3) is 0.714. The van der Waals surface area contributed by atoms with Crippen molar-refractivity contribution in [2.24, 2.45) is 0 Å². The minimum Gasteiger partial charge on any atom is -0.462 e. The number of unbranched alkanes of at least 4 members (excludes halogenated alkanes) is 25. The molecular weight excluding hydrogens is 837 g/mol. The summed E-state index contributed by atoms with van der Waals surface area (Å²) in [6.07, 6.45) is 78.6. The number of carbonyl (C=O) groups is 2. The highest BCUT2D eigenvalue weighted by atomic mass is 16.6. The maximum atomic E-state index is 12.8. The Bertz CT molecular complexity index is 1300. The van der Waals surface area contributed by atoms with Crippen LogP contribution in [0, 0.1) is 0 Å². The van der Waals surface area contributed by atoms with Gasteiger partial charge in [-0.1, -0.05) is 253 Å². The Balaban J connectivity index is 4.34. The van der Waals surface area contributed by atoms with E-state index in [1.807, 2.05) is 0 Å². The number of hydrogen-bond acceptors (Lipinski definition) is 5. The molecule has 0 aliphatic heterocycles. The molecule has 0 saturated carbocycles. The molecule has 68 heavy (non-hydrogen) atoms. The maximum absolute atomic E-state index is 12.8. The van der Waals surface area contributed by atoms with Crippen LogP contribution in [0.1, 0.15) is 265 Å². The Morgan fingerprint density at radius 2 is 0.662 bits per heavy atom. The van der Waals surface area contributed by atoms with Gasteiger partial charge >= 0.3 is 11.9 Å². The molecule has 0 aromatic carbocycles. The van der Waals surface area contributed by atoms with E-state index in [4.69, 9.17) is 14.2 Å². The van der Waals surface area contributed by atoms with Crippen LogP contribution in [0.15, 0.2) is 97.2 Å². The number of esters is 2. The largest absolute Gasteiger partial charge is 0.462 e. The number of allylic oxidation sites excluding steroid dienone is 16. The van der Waals surface area contributed by atoms with Crippen molar-refractivity contribution in [3.8, 4) is 0 Å². The number of ether oxygens (including phenoxy) is 3. The number of rotatable bonds is 52. The van der Waals surface area contributed by atoms with Crippen LogP contribution < -0.4 is 0 Å². The summed E-state index contributed by atoms with van der Waals surface area (Å²) in [7, 11) is 0. The van der Waals surface area contributed by atoms with Crippen molar-refractivity contribution in [1.29, 1.82) is 0 Å². The van der Waals surface area contributed by atoms with E-state index in [-0.39, 0.29) is 25.2 Å². The van der Waals surface area contributed by atoms with Gasteiger partial charge in [-0.3, -0.25) is 9.59 Å². The lowest BCUT2D eigenvalue weighted by Crippen LogP contribution is -2.30. The molecule has 0 saturated heterocycles. The average Bonchev–Trinajstić information content (AvgIpc) is 3.34. The zero-order chi connectivity index (χ0) is 49.2. The number of carbonyl (C=O) groups excluding carboxylic acids is 2. The van der Waals surface area contributed by atoms with Crippen LogP contribution in [0.3, 0.4) is 0 Å². The van der Waals surface area contributed by atoms with Gasteiger partial charge in [-0.25, -0.2) is 0 Å². The molecule has 0 radical (unpaired) electrons. The van der Waals surface area contributed by atoms with E-state index in [0.717, 1.165) is 103 Å². The van der Waals surface area contributed by atoms with Crippen molar-refractivity contribution in [3.05, 3.63) is 97.2 Å². The van der Waals surface area contributed by atoms with E-state index in [0.29, 0.717) is 19.4 Å². The van der Waals surface area contributed by atoms with Gasteiger partial charge in [-0.05, 0) is 96.3 Å². The summed E-state index contributed by atoms with van der Waals surface area (Å²) < 4.78 is 17.4. The SMILES string of the molecule is CC/C=C\C/C=C\C/C=C\C/C=C\CCCCCCCOCC(COC(=O)CCCCCCCCCCCCCCCCCCCCC)OC(=O)CCCC/C=C\C/C=C\C/C=C\C/C=C\CC. The molecule has 1 atom stereocenters. The Labute approximate surface area is 422 Å². The smallest absolute Gasteiger partial charge is 0.306 e. The second kappa shape index (κ2) is 58.1. The standard InChI is InChI=1S/C63H108O5/c1-4-7-10-13-16-19-22-25-28-30-32-33-36-38-41-44-47-50-53-56-62(64)67-60-61(68-63(65)57-54-51-48-45-42-39-35-27-24-21-18-15-12-9-6-3)59-66-58-55-52-49-46-43-40-37-34-31-29-26-23-20-17-14-11-8-5-2/h8-9,11-12,17-18,20-21,26-27,29,34-35,37,42,45,61H,4-7,10,13-16,19,22-25,28,30-33,36,38-41,43-44,46-60H2,1-3H3/b11-8-,12-9-,20-17-,21-18-,29-26-,35-27-,37-34-,45-42-. The fourth-order valence-electron chi connectivity index (χ4n) is 7.90. The molecule has 0 amide bonds. The van der Waals surface area contributed by atoms with Gasteiger partial charge in [-0.15, -0.1) is 0 Å². The van der Waals surface area contributed by atoms with E-state index in [9.17, 15) is 9.59 Å². The maximum Gasteiger partial charge on any atom is 0.306 e. The number of hydrogen-bond donors (Lipinski definition) is 0. The molecule has 1 unspecified atom stereocenters. The third kappa shape index (κ3) is 55.4. The molecule has 0 aliphatic rings. The molecule has 5 heteroatoms. The zero-order valence-electron chi connectivity index (χ0n) is 44.8. The molecule has 390 valence electrons. The first-order valence-electron chi connectivity index (χ1n) is 28.8. The normalized spacial score (nSPS) is 12.9. The predicted octanol–water partition coefficient (Wildman–Crippen LogP) is 19.8. The van der Waals surface area contributed by atoms with Crippen LogP contribution in [0.5, 0.6) is 0 Å². The molecule has 0 aromatic heterocycles. The molecule has 0 fully saturated rings. The lowest BCUT2D eigenvalue weighted by atomic mass is 10.0. The highest BCUT2D eigenvalue weighted by molar-refractivity contribution is 5.70. The molecule has 0 aromatic rings. The van der Waals surface area contributed by atoms with E-state index in [1.54, 1.807) is 0 Å². The minimum absolute atomic E-state index is 0.0585. The summed E-state index contributed by atoms with van der Waals surface area (Å²) in [6, 6.07) is 0. The molecule has 5 nitrogen and oxygen atoms in total. The van der Waals surface area contributed by atoms with Crippen molar-refractivity contribution in [2.45, 2.75) is 271 Å². The van der Waals surface area contributed by atoms with Crippen LogP contribution in [0.4, 0.5) is 0 Å². The Morgan fingerprint density at radius 3 is 1.09 bits per heavy atom. The molecule has 0 rings (SSSR count). The second-order valence-electron chi connectivity index (χ2n) is 18.8. The predicted molar refractivity (Wildman–Crippen MR) is 297 cm³/mol. The van der Waals surface area contributed by atoms with Crippen molar-refractivity contribution in [1.82, 2.24) is 0 Å². The first-order chi connectivity index (χ1) is 33.6. The van der Waals surface area contributed by atoms with Crippen LogP contribution in [-0.4, -0.2) is 37.9 Å². The lowest BCUT2D eigenvalue weighted by Gasteiger charge is -2.18. The van der Waals surface area contributed by atoms with Gasteiger partial charge in [0.1, 0.15) is 6.61 Å². The highest BCUT2D eigenvalue weighted by Crippen LogP contribution is 2.16. The fourth-order valence-corrected chi connectivity index (χ4v) is 7.90. The average molecular weight is 946 g/mol. The quantitative estimate of drug-likeness (QED) is 0.0345. The van der Waals surface area contributed by atoms with Crippen molar-refractivity contribution >= 4 is 11.9 Å². The summed E-state index contributed by atoms with van der Waals surface area (Å²) in [5.41, 5.74) is 0. The third-order valence-electron chi connectivity index (χ3n) is 12.1. The van der Waals surface area contributed by atoms with E-state index in [1.165, 1.54) is 128 Å². The van der Waals surface area contributed by atoms with Crippen molar-refractivity contribution in [2.75, 3.05) is 19.8 Å². The van der Waals surface area contributed by atoms with E-state index < -0.39 is 6.10 Å². The third-order valence-corrected chi connectivity index (χ3v) is 12.1. The summed E-state index contributed by atoms with van der Waals surface area (Å²) in [4.78, 5) is 25.5. The Morgan fingerprint density at radius 1 is 0.338 bits per heavy atom. The summed E-state index contributed by atoms with van der Waals surface area (Å²) >= 11 is 0.